The van der Waals surface area contributed by atoms with Crippen molar-refractivity contribution in [3.05, 3.63) is 77.0 Å². The first-order valence-corrected chi connectivity index (χ1v) is 16.2. The summed E-state index contributed by atoms with van der Waals surface area (Å²) in [6.45, 7) is 3.30. The van der Waals surface area contributed by atoms with Crippen LogP contribution in [0.2, 0.25) is 5.02 Å². The van der Waals surface area contributed by atoms with Gasteiger partial charge in [-0.05, 0) is 67.5 Å². The number of benzene rings is 2. The number of sulfone groups is 1. The van der Waals surface area contributed by atoms with Crippen LogP contribution in [0.5, 0.6) is 0 Å². The molecule has 0 aromatic heterocycles. The molecule has 0 bridgehead atoms. The topological polar surface area (TPSA) is 63.7 Å². The van der Waals surface area contributed by atoms with Gasteiger partial charge in [0.25, 0.3) is 0 Å². The second-order valence-electron chi connectivity index (χ2n) is 11.4. The Morgan fingerprint density at radius 3 is 2.09 bits per heavy atom. The largest absolute Gasteiger partial charge is 0.505 e. The van der Waals surface area contributed by atoms with Crippen molar-refractivity contribution in [2.24, 2.45) is 5.92 Å². The monoisotopic (exact) mass is 683 g/mol. The first kappa shape index (κ1) is 35.1. The van der Waals surface area contributed by atoms with Gasteiger partial charge in [0, 0.05) is 23.0 Å². The number of carbonyl (C=O) groups is 1. The normalized spacial score (nSPS) is 22.5. The SMILES string of the molecule is C=COC.O=C(C1CCCCC1)N1CCC2(S(=O)(=O)c3ccc(Cl)cc3)c3ccc(C(F)(C(F)(F)F)C(F)(F)F)cc3CCC12. The number of rotatable bonds is 5. The molecule has 2 unspecified atom stereocenters. The van der Waals surface area contributed by atoms with Gasteiger partial charge in [0.1, 0.15) is 4.75 Å². The second-order valence-corrected chi connectivity index (χ2v) is 14.1. The third-order valence-corrected chi connectivity index (χ3v) is 11.9. The van der Waals surface area contributed by atoms with E-state index >= 15 is 0 Å². The summed E-state index contributed by atoms with van der Waals surface area (Å²) in [5, 5.41) is 0.255. The molecule has 2 atom stereocenters. The van der Waals surface area contributed by atoms with Crippen molar-refractivity contribution >= 4 is 27.3 Å². The van der Waals surface area contributed by atoms with E-state index in [-0.39, 0.29) is 58.7 Å². The molecule has 1 saturated carbocycles. The number of halogens is 8. The molecule has 248 valence electrons. The van der Waals surface area contributed by atoms with Crippen molar-refractivity contribution in [1.82, 2.24) is 4.90 Å². The summed E-state index contributed by atoms with van der Waals surface area (Å²) < 4.78 is 127. The maximum atomic E-state index is 14.9. The zero-order chi connectivity index (χ0) is 33.4. The highest BCUT2D eigenvalue weighted by atomic mass is 35.5. The molecule has 2 fully saturated rings. The lowest BCUT2D eigenvalue weighted by atomic mass is 9.76. The van der Waals surface area contributed by atoms with E-state index in [1.165, 1.54) is 35.4 Å². The molecule has 2 aromatic carbocycles. The Morgan fingerprint density at radius 2 is 1.56 bits per heavy atom. The van der Waals surface area contributed by atoms with Crippen molar-refractivity contribution < 1.29 is 48.7 Å². The van der Waals surface area contributed by atoms with E-state index in [1.54, 1.807) is 7.11 Å². The Morgan fingerprint density at radius 1 is 0.978 bits per heavy atom. The molecule has 1 heterocycles. The number of fused-ring (bicyclic) bond motifs is 3. The highest BCUT2D eigenvalue weighted by Gasteiger charge is 2.74. The molecule has 1 saturated heterocycles. The summed E-state index contributed by atoms with van der Waals surface area (Å²) in [7, 11) is -2.82. The highest BCUT2D eigenvalue weighted by molar-refractivity contribution is 7.92. The quantitative estimate of drug-likeness (QED) is 0.236. The number of amides is 1. The van der Waals surface area contributed by atoms with Crippen molar-refractivity contribution in [2.45, 2.75) is 85.1 Å². The van der Waals surface area contributed by atoms with E-state index in [9.17, 15) is 43.9 Å². The Hall–Kier alpha value is -2.80. The molecule has 0 N–H and O–H groups in total. The number of ether oxygens (including phenoxy) is 1. The first-order valence-electron chi connectivity index (χ1n) is 14.4. The predicted octanol–water partition coefficient (Wildman–Crippen LogP) is 8.20. The Balaban J connectivity index is 0.00000109. The molecular weight excluding hydrogens is 651 g/mol. The number of likely N-dealkylation sites (tertiary alicyclic amines) is 1. The van der Waals surface area contributed by atoms with Gasteiger partial charge in [-0.2, -0.15) is 26.3 Å². The van der Waals surface area contributed by atoms with E-state index < -0.39 is 44.2 Å². The fraction of sp³-hybridized carbons (Fsp3) is 0.516. The zero-order valence-corrected chi connectivity index (χ0v) is 25.9. The summed E-state index contributed by atoms with van der Waals surface area (Å²) in [6, 6.07) is 6.08. The lowest BCUT2D eigenvalue weighted by molar-refractivity contribution is -0.348. The van der Waals surface area contributed by atoms with Crippen molar-refractivity contribution in [3.63, 3.8) is 0 Å². The number of nitrogens with zero attached hydrogens (tertiary/aromatic N) is 1. The van der Waals surface area contributed by atoms with Gasteiger partial charge in [-0.25, -0.2) is 12.8 Å². The summed E-state index contributed by atoms with van der Waals surface area (Å²) in [5.41, 5.74) is -7.45. The van der Waals surface area contributed by atoms with Crippen LogP contribution in [0.15, 0.2) is 60.2 Å². The van der Waals surface area contributed by atoms with Gasteiger partial charge in [-0.3, -0.25) is 4.79 Å². The van der Waals surface area contributed by atoms with Gasteiger partial charge in [-0.15, -0.1) is 0 Å². The van der Waals surface area contributed by atoms with Crippen LogP contribution in [-0.4, -0.2) is 51.3 Å². The average molecular weight is 684 g/mol. The molecule has 0 radical (unpaired) electrons. The van der Waals surface area contributed by atoms with Crippen LogP contribution in [0, 0.1) is 5.92 Å². The highest BCUT2D eigenvalue weighted by Crippen LogP contribution is 2.57. The van der Waals surface area contributed by atoms with Crippen LogP contribution < -0.4 is 0 Å². The van der Waals surface area contributed by atoms with Gasteiger partial charge in [0.15, 0.2) is 9.84 Å². The Labute approximate surface area is 262 Å². The van der Waals surface area contributed by atoms with E-state index in [0.717, 1.165) is 25.3 Å². The third-order valence-electron chi connectivity index (χ3n) is 9.07. The van der Waals surface area contributed by atoms with Gasteiger partial charge >= 0.3 is 18.0 Å². The van der Waals surface area contributed by atoms with Gasteiger partial charge in [0.05, 0.1) is 24.3 Å². The molecule has 1 aliphatic heterocycles. The minimum atomic E-state index is -6.31. The van der Waals surface area contributed by atoms with E-state index in [2.05, 4.69) is 11.3 Å². The third kappa shape index (κ3) is 5.94. The number of alkyl halides is 7. The summed E-state index contributed by atoms with van der Waals surface area (Å²) in [6.07, 6.45) is -7.49. The molecule has 2 aliphatic carbocycles. The molecule has 1 amide bonds. The molecule has 2 aromatic rings. The van der Waals surface area contributed by atoms with E-state index in [4.69, 9.17) is 11.6 Å². The zero-order valence-electron chi connectivity index (χ0n) is 24.4. The molecule has 0 spiro atoms. The molecule has 5 nitrogen and oxygen atoms in total. The molecule has 45 heavy (non-hydrogen) atoms. The van der Waals surface area contributed by atoms with Crippen LogP contribution >= 0.6 is 11.6 Å². The first-order chi connectivity index (χ1) is 21.0. The Kier molecular flexibility index (Phi) is 9.95. The molecular formula is C31H33ClF7NO4S. The fourth-order valence-electron chi connectivity index (χ4n) is 6.90. The molecule has 14 heteroatoms. The van der Waals surface area contributed by atoms with Crippen molar-refractivity contribution in [2.75, 3.05) is 13.7 Å². The van der Waals surface area contributed by atoms with Crippen LogP contribution in [-0.2, 0) is 36.2 Å². The lowest BCUT2D eigenvalue weighted by Crippen LogP contribution is -2.53. The minimum absolute atomic E-state index is 0.0157. The van der Waals surface area contributed by atoms with Crippen LogP contribution in [0.1, 0.15) is 61.6 Å². The fourth-order valence-corrected chi connectivity index (χ4v) is 9.39. The summed E-state index contributed by atoms with van der Waals surface area (Å²) in [5.74, 6) is -0.479. The maximum Gasteiger partial charge on any atom is 0.435 e. The van der Waals surface area contributed by atoms with Crippen molar-refractivity contribution in [3.8, 4) is 0 Å². The van der Waals surface area contributed by atoms with E-state index in [1.807, 2.05) is 0 Å². The lowest BCUT2D eigenvalue weighted by Gasteiger charge is -2.43. The van der Waals surface area contributed by atoms with Gasteiger partial charge in [-0.1, -0.05) is 55.6 Å². The second kappa shape index (κ2) is 12.8. The molecule has 5 rings (SSSR count). The maximum absolute atomic E-state index is 14.9. The van der Waals surface area contributed by atoms with Gasteiger partial charge < -0.3 is 9.64 Å². The van der Waals surface area contributed by atoms with Crippen LogP contribution in [0.25, 0.3) is 0 Å². The molecule has 3 aliphatic rings. The van der Waals surface area contributed by atoms with Gasteiger partial charge in [0.2, 0.25) is 5.91 Å². The minimum Gasteiger partial charge on any atom is -0.505 e. The average Bonchev–Trinajstić information content (AvgIpc) is 3.41. The van der Waals surface area contributed by atoms with Crippen molar-refractivity contribution in [1.29, 1.82) is 0 Å². The van der Waals surface area contributed by atoms with Crippen LogP contribution in [0.4, 0.5) is 30.7 Å². The number of hydrogen-bond donors (Lipinski definition) is 0. The smallest absolute Gasteiger partial charge is 0.435 e. The number of aryl methyl sites for hydroxylation is 1. The van der Waals surface area contributed by atoms with Crippen LogP contribution in [0.3, 0.4) is 0 Å². The van der Waals surface area contributed by atoms with E-state index in [0.29, 0.717) is 25.0 Å². The number of hydrogen-bond acceptors (Lipinski definition) is 4. The standard InChI is InChI=1S/C28H27ClF7NO3S.C3H6O/c29-20-8-10-21(11-9-20)41(39,40)25-14-15-37(24(38)17-4-2-1-3-5-17)23(25)13-6-18-16-19(7-12-22(18)25)26(30,27(31,32)33)28(34,35)36;1-3-4-2/h7-12,16-17,23H,1-6,13-15H2;3H,1H2,2H3. The predicted molar refractivity (Wildman–Crippen MR) is 154 cm³/mol. The summed E-state index contributed by atoms with van der Waals surface area (Å²) in [4.78, 5) is 15.0. The number of methoxy groups -OCH3 is 1. The Bertz CT molecular complexity index is 1490. The summed E-state index contributed by atoms with van der Waals surface area (Å²) >= 11 is 5.96. The number of carbonyl (C=O) groups excluding carboxylic acids is 1.